The molecule has 0 spiro atoms. The molecule has 0 aliphatic carbocycles. The number of nitrogens with zero attached hydrogens (tertiary/aromatic N) is 1. The summed E-state index contributed by atoms with van der Waals surface area (Å²) >= 11 is 0. The first-order valence-corrected chi connectivity index (χ1v) is 11.6. The standard InChI is InChI=1S/C18H37N3O2S.HI/c1-3-5-6-7-8-9-10-11-13-20-18(19-4-2)21-15-17-12-14-24(22,23)16-17;/h17H,3-16H2,1-2H3,(H2,19,20,21);1H. The van der Waals surface area contributed by atoms with Gasteiger partial charge in [0, 0.05) is 19.6 Å². The van der Waals surface area contributed by atoms with E-state index in [1.165, 1.54) is 44.9 Å². The van der Waals surface area contributed by atoms with Gasteiger partial charge in [-0.1, -0.05) is 51.9 Å². The lowest BCUT2D eigenvalue weighted by Gasteiger charge is -2.12. The summed E-state index contributed by atoms with van der Waals surface area (Å²) in [5.74, 6) is 1.64. The van der Waals surface area contributed by atoms with Gasteiger partial charge in [0.1, 0.15) is 0 Å². The molecule has 1 rings (SSSR count). The molecule has 1 aliphatic rings. The van der Waals surface area contributed by atoms with Crippen LogP contribution in [0.2, 0.25) is 0 Å². The fourth-order valence-electron chi connectivity index (χ4n) is 3.04. The van der Waals surface area contributed by atoms with Crippen LogP contribution in [0.15, 0.2) is 4.99 Å². The van der Waals surface area contributed by atoms with Crippen molar-refractivity contribution < 1.29 is 8.42 Å². The van der Waals surface area contributed by atoms with Gasteiger partial charge in [0.15, 0.2) is 15.8 Å². The molecule has 1 saturated heterocycles. The Kier molecular flexibility index (Phi) is 15.0. The smallest absolute Gasteiger partial charge is 0.191 e. The highest BCUT2D eigenvalue weighted by Gasteiger charge is 2.27. The van der Waals surface area contributed by atoms with E-state index in [1.54, 1.807) is 0 Å². The second kappa shape index (κ2) is 15.1. The third kappa shape index (κ3) is 12.9. The number of unbranched alkanes of at least 4 members (excludes halogenated alkanes) is 7. The molecule has 1 atom stereocenters. The molecule has 1 aliphatic heterocycles. The van der Waals surface area contributed by atoms with Crippen LogP contribution >= 0.6 is 24.0 Å². The van der Waals surface area contributed by atoms with E-state index in [4.69, 9.17) is 0 Å². The Balaban J connectivity index is 0.00000576. The topological polar surface area (TPSA) is 70.6 Å². The van der Waals surface area contributed by atoms with Gasteiger partial charge < -0.3 is 10.6 Å². The van der Waals surface area contributed by atoms with Crippen LogP contribution in [0.1, 0.15) is 71.6 Å². The van der Waals surface area contributed by atoms with E-state index in [2.05, 4.69) is 22.5 Å². The molecule has 1 heterocycles. The molecule has 0 bridgehead atoms. The van der Waals surface area contributed by atoms with Crippen LogP contribution in [0.25, 0.3) is 0 Å². The second-order valence-corrected chi connectivity index (χ2v) is 9.12. The third-order valence-corrected chi connectivity index (χ3v) is 6.34. The molecule has 1 fully saturated rings. The van der Waals surface area contributed by atoms with E-state index >= 15 is 0 Å². The zero-order valence-electron chi connectivity index (χ0n) is 16.1. The van der Waals surface area contributed by atoms with Crippen molar-refractivity contribution in [2.75, 3.05) is 31.1 Å². The summed E-state index contributed by atoms with van der Waals surface area (Å²) in [4.78, 5) is 4.56. The SMILES string of the molecule is CCCCCCCCCCNC(=NCC1CCS(=O)(=O)C1)NCC.I. The summed E-state index contributed by atoms with van der Waals surface area (Å²) in [6.07, 6.45) is 11.3. The average molecular weight is 487 g/mol. The molecule has 5 nitrogen and oxygen atoms in total. The summed E-state index contributed by atoms with van der Waals surface area (Å²) < 4.78 is 23.0. The molecule has 0 radical (unpaired) electrons. The molecule has 0 aromatic heterocycles. The zero-order chi connectivity index (χ0) is 17.7. The zero-order valence-corrected chi connectivity index (χ0v) is 19.2. The highest BCUT2D eigenvalue weighted by molar-refractivity contribution is 14.0. The molecule has 25 heavy (non-hydrogen) atoms. The maximum Gasteiger partial charge on any atom is 0.191 e. The highest BCUT2D eigenvalue weighted by atomic mass is 127. The van der Waals surface area contributed by atoms with Crippen LogP contribution in [0, 0.1) is 5.92 Å². The van der Waals surface area contributed by atoms with Crippen molar-refractivity contribution in [3.8, 4) is 0 Å². The van der Waals surface area contributed by atoms with E-state index < -0.39 is 9.84 Å². The van der Waals surface area contributed by atoms with Crippen LogP contribution in [-0.4, -0.2) is 45.5 Å². The molecular weight excluding hydrogens is 449 g/mol. The van der Waals surface area contributed by atoms with Crippen molar-refractivity contribution in [2.45, 2.75) is 71.6 Å². The molecule has 2 N–H and O–H groups in total. The first kappa shape index (κ1) is 24.9. The Morgan fingerprint density at radius 3 is 2.20 bits per heavy atom. The van der Waals surface area contributed by atoms with E-state index in [1.807, 2.05) is 6.92 Å². The van der Waals surface area contributed by atoms with Gasteiger partial charge >= 0.3 is 0 Å². The van der Waals surface area contributed by atoms with Gasteiger partial charge in [-0.15, -0.1) is 24.0 Å². The first-order chi connectivity index (χ1) is 11.6. The Labute approximate surface area is 172 Å². The number of hydrogen-bond donors (Lipinski definition) is 2. The van der Waals surface area contributed by atoms with Crippen molar-refractivity contribution in [2.24, 2.45) is 10.9 Å². The number of aliphatic imine (C=N–C) groups is 1. The highest BCUT2D eigenvalue weighted by Crippen LogP contribution is 2.18. The maximum absolute atomic E-state index is 11.5. The summed E-state index contributed by atoms with van der Waals surface area (Å²) in [5, 5.41) is 6.61. The maximum atomic E-state index is 11.5. The number of nitrogens with one attached hydrogen (secondary N) is 2. The average Bonchev–Trinajstić information content (AvgIpc) is 2.90. The fraction of sp³-hybridized carbons (Fsp3) is 0.944. The lowest BCUT2D eigenvalue weighted by molar-refractivity contribution is 0.569. The molecule has 0 aromatic carbocycles. The van der Waals surface area contributed by atoms with Gasteiger partial charge in [-0.2, -0.15) is 0 Å². The monoisotopic (exact) mass is 487 g/mol. The van der Waals surface area contributed by atoms with Gasteiger partial charge in [-0.3, -0.25) is 4.99 Å². The summed E-state index contributed by atoms with van der Waals surface area (Å²) in [5.41, 5.74) is 0. The third-order valence-electron chi connectivity index (χ3n) is 4.50. The number of halogens is 1. The number of rotatable bonds is 12. The minimum absolute atomic E-state index is 0. The first-order valence-electron chi connectivity index (χ1n) is 9.80. The predicted molar refractivity (Wildman–Crippen MR) is 119 cm³/mol. The molecule has 0 aromatic rings. The number of sulfone groups is 1. The van der Waals surface area contributed by atoms with Crippen molar-refractivity contribution in [1.82, 2.24) is 10.6 Å². The minimum atomic E-state index is -2.80. The Hall–Kier alpha value is -0.0500. The number of guanidine groups is 1. The number of hydrogen-bond acceptors (Lipinski definition) is 3. The molecule has 0 amide bonds. The van der Waals surface area contributed by atoms with Gasteiger partial charge in [0.05, 0.1) is 11.5 Å². The van der Waals surface area contributed by atoms with E-state index in [-0.39, 0.29) is 29.9 Å². The van der Waals surface area contributed by atoms with Gasteiger partial charge in [0.25, 0.3) is 0 Å². The Morgan fingerprint density at radius 2 is 1.64 bits per heavy atom. The van der Waals surface area contributed by atoms with Gasteiger partial charge in [-0.05, 0) is 25.7 Å². The van der Waals surface area contributed by atoms with Crippen molar-refractivity contribution >= 4 is 39.8 Å². The molecule has 1 unspecified atom stereocenters. The Bertz CT molecular complexity index is 455. The largest absolute Gasteiger partial charge is 0.357 e. The van der Waals surface area contributed by atoms with E-state index in [9.17, 15) is 8.42 Å². The molecule has 150 valence electrons. The summed E-state index contributed by atoms with van der Waals surface area (Å²) in [6.45, 7) is 6.66. The van der Waals surface area contributed by atoms with Gasteiger partial charge in [0.2, 0.25) is 0 Å². The summed E-state index contributed by atoms with van der Waals surface area (Å²) in [7, 11) is -2.80. The van der Waals surface area contributed by atoms with Crippen molar-refractivity contribution in [1.29, 1.82) is 0 Å². The van der Waals surface area contributed by atoms with Crippen LogP contribution in [0.5, 0.6) is 0 Å². The molecule has 0 saturated carbocycles. The van der Waals surface area contributed by atoms with E-state index in [0.717, 1.165) is 31.9 Å². The van der Waals surface area contributed by atoms with E-state index in [0.29, 0.717) is 18.1 Å². The van der Waals surface area contributed by atoms with Crippen LogP contribution < -0.4 is 10.6 Å². The van der Waals surface area contributed by atoms with Crippen molar-refractivity contribution in [3.63, 3.8) is 0 Å². The normalized spacial score (nSPS) is 19.4. The lowest BCUT2D eigenvalue weighted by Crippen LogP contribution is -2.38. The van der Waals surface area contributed by atoms with Gasteiger partial charge in [-0.25, -0.2) is 8.42 Å². The summed E-state index contributed by atoms with van der Waals surface area (Å²) in [6, 6.07) is 0. The lowest BCUT2D eigenvalue weighted by atomic mass is 10.1. The molecular formula is C18H38IN3O2S. The van der Waals surface area contributed by atoms with Crippen LogP contribution in [0.4, 0.5) is 0 Å². The predicted octanol–water partition coefficient (Wildman–Crippen LogP) is 3.73. The van der Waals surface area contributed by atoms with Crippen LogP contribution in [0.3, 0.4) is 0 Å². The Morgan fingerprint density at radius 1 is 1.00 bits per heavy atom. The quantitative estimate of drug-likeness (QED) is 0.191. The molecule has 7 heteroatoms. The minimum Gasteiger partial charge on any atom is -0.357 e. The fourth-order valence-corrected chi connectivity index (χ4v) is 4.89. The van der Waals surface area contributed by atoms with Crippen LogP contribution in [-0.2, 0) is 9.84 Å². The van der Waals surface area contributed by atoms with Crippen molar-refractivity contribution in [3.05, 3.63) is 0 Å². The second-order valence-electron chi connectivity index (χ2n) is 6.89.